The molecule has 1 aliphatic heterocycles. The van der Waals surface area contributed by atoms with Crippen LogP contribution in [-0.4, -0.2) is 47.2 Å². The molecule has 2 N–H and O–H groups in total. The number of aromatic nitrogens is 2. The monoisotopic (exact) mass is 403 g/mol. The topological polar surface area (TPSA) is 70.2 Å². The summed E-state index contributed by atoms with van der Waals surface area (Å²) in [7, 11) is 0. The molecule has 1 aliphatic rings. The van der Waals surface area contributed by atoms with E-state index in [0.29, 0.717) is 5.01 Å². The second kappa shape index (κ2) is 10.7. The van der Waals surface area contributed by atoms with Crippen LogP contribution >= 0.6 is 36.2 Å². The maximum atomic E-state index is 12.2. The van der Waals surface area contributed by atoms with Gasteiger partial charge in [-0.1, -0.05) is 30.4 Å². The van der Waals surface area contributed by atoms with Crippen LogP contribution in [0, 0.1) is 0 Å². The van der Waals surface area contributed by atoms with E-state index < -0.39 is 0 Å². The highest BCUT2D eigenvalue weighted by atomic mass is 35.5. The average molecular weight is 404 g/mol. The van der Waals surface area contributed by atoms with Gasteiger partial charge < -0.3 is 10.6 Å². The number of amides is 1. The molecule has 1 aromatic carbocycles. The van der Waals surface area contributed by atoms with Crippen LogP contribution in [-0.2, 0) is 13.0 Å². The van der Waals surface area contributed by atoms with E-state index in [-0.39, 0.29) is 30.7 Å². The molecule has 0 unspecified atom stereocenters. The molecule has 0 atom stereocenters. The Morgan fingerprint density at radius 2 is 1.88 bits per heavy atom. The number of carbonyl (C=O) groups excluding carboxylic acids is 1. The van der Waals surface area contributed by atoms with Gasteiger partial charge >= 0.3 is 0 Å². The number of aryl methyl sites for hydroxylation is 1. The molecule has 1 saturated heterocycles. The quantitative estimate of drug-likeness (QED) is 0.802. The Balaban J connectivity index is 0.00000156. The standard InChI is InChI=1S/C16H21N5OS.2ClH/c1-2-12-3-5-13(6-4-12)18-15(22)16-20-19-14(23-16)11-21-9-7-17-8-10-21;;/h3-6,17H,2,7-11H2,1H3,(H,18,22);2*1H. The molecule has 0 saturated carbocycles. The van der Waals surface area contributed by atoms with Gasteiger partial charge in [0.1, 0.15) is 5.01 Å². The number of hydrogen-bond acceptors (Lipinski definition) is 6. The predicted octanol–water partition coefficient (Wildman–Crippen LogP) is 2.60. The normalized spacial score (nSPS) is 14.3. The minimum absolute atomic E-state index is 0. The maximum absolute atomic E-state index is 12.2. The second-order valence-corrected chi connectivity index (χ2v) is 6.59. The van der Waals surface area contributed by atoms with Crippen molar-refractivity contribution >= 4 is 47.7 Å². The Morgan fingerprint density at radius 3 is 2.52 bits per heavy atom. The minimum Gasteiger partial charge on any atom is -0.320 e. The van der Waals surface area contributed by atoms with E-state index in [1.165, 1.54) is 16.9 Å². The van der Waals surface area contributed by atoms with Crippen molar-refractivity contribution in [2.75, 3.05) is 31.5 Å². The number of carbonyl (C=O) groups is 1. The van der Waals surface area contributed by atoms with Gasteiger partial charge in [0.2, 0.25) is 5.01 Å². The lowest BCUT2D eigenvalue weighted by atomic mass is 10.1. The molecule has 0 aliphatic carbocycles. The van der Waals surface area contributed by atoms with Gasteiger partial charge in [-0.2, -0.15) is 0 Å². The van der Waals surface area contributed by atoms with Crippen LogP contribution in [0.2, 0.25) is 0 Å². The summed E-state index contributed by atoms with van der Waals surface area (Å²) >= 11 is 1.37. The lowest BCUT2D eigenvalue weighted by Crippen LogP contribution is -2.42. The molecule has 2 aromatic rings. The molecule has 6 nitrogen and oxygen atoms in total. The van der Waals surface area contributed by atoms with Crippen molar-refractivity contribution in [2.45, 2.75) is 19.9 Å². The van der Waals surface area contributed by atoms with E-state index in [0.717, 1.165) is 49.8 Å². The fourth-order valence-corrected chi connectivity index (χ4v) is 3.26. The summed E-state index contributed by atoms with van der Waals surface area (Å²) in [6.45, 7) is 6.88. The number of piperazine rings is 1. The molecule has 2 heterocycles. The van der Waals surface area contributed by atoms with Crippen LogP contribution in [0.1, 0.15) is 27.3 Å². The molecule has 9 heteroatoms. The molecule has 1 aromatic heterocycles. The number of hydrogen-bond donors (Lipinski definition) is 2. The lowest BCUT2D eigenvalue weighted by Gasteiger charge is -2.25. The van der Waals surface area contributed by atoms with Crippen molar-refractivity contribution in [1.82, 2.24) is 20.4 Å². The molecule has 1 fully saturated rings. The van der Waals surface area contributed by atoms with Crippen molar-refractivity contribution in [3.05, 3.63) is 39.8 Å². The highest BCUT2D eigenvalue weighted by Crippen LogP contribution is 2.16. The summed E-state index contributed by atoms with van der Waals surface area (Å²) < 4.78 is 0. The van der Waals surface area contributed by atoms with Crippen molar-refractivity contribution in [2.24, 2.45) is 0 Å². The number of nitrogens with one attached hydrogen (secondary N) is 2. The first kappa shape index (κ1) is 21.8. The molecule has 25 heavy (non-hydrogen) atoms. The molecule has 1 amide bonds. The van der Waals surface area contributed by atoms with Gasteiger partial charge in [-0.3, -0.25) is 9.69 Å². The Hall–Kier alpha value is -1.25. The average Bonchev–Trinajstić information content (AvgIpc) is 3.05. The lowest BCUT2D eigenvalue weighted by molar-refractivity contribution is 0.102. The van der Waals surface area contributed by atoms with Gasteiger partial charge in [-0.05, 0) is 24.1 Å². The van der Waals surface area contributed by atoms with Crippen LogP contribution in [0.5, 0.6) is 0 Å². The van der Waals surface area contributed by atoms with Crippen LogP contribution in [0.25, 0.3) is 0 Å². The summed E-state index contributed by atoms with van der Waals surface area (Å²) in [4.78, 5) is 14.6. The smallest absolute Gasteiger partial charge is 0.286 e. The molecule has 3 rings (SSSR count). The fraction of sp³-hybridized carbons (Fsp3) is 0.438. The number of anilines is 1. The second-order valence-electron chi connectivity index (χ2n) is 5.53. The van der Waals surface area contributed by atoms with Gasteiger partial charge in [-0.15, -0.1) is 35.0 Å². The SMILES string of the molecule is CCc1ccc(NC(=O)c2nnc(CN3CCNCC3)s2)cc1.Cl.Cl. The van der Waals surface area contributed by atoms with E-state index in [4.69, 9.17) is 0 Å². The van der Waals surface area contributed by atoms with Crippen LogP contribution in [0.15, 0.2) is 24.3 Å². The number of halogens is 2. The van der Waals surface area contributed by atoms with E-state index in [9.17, 15) is 4.79 Å². The van der Waals surface area contributed by atoms with Crippen molar-refractivity contribution < 1.29 is 4.79 Å². The van der Waals surface area contributed by atoms with E-state index in [2.05, 4.69) is 32.7 Å². The van der Waals surface area contributed by atoms with Crippen LogP contribution in [0.3, 0.4) is 0 Å². The van der Waals surface area contributed by atoms with Gasteiger partial charge in [0.15, 0.2) is 0 Å². The van der Waals surface area contributed by atoms with E-state index >= 15 is 0 Å². The fourth-order valence-electron chi connectivity index (χ4n) is 2.48. The molecular formula is C16H23Cl2N5OS. The van der Waals surface area contributed by atoms with E-state index in [1.807, 2.05) is 24.3 Å². The van der Waals surface area contributed by atoms with Crippen LogP contribution < -0.4 is 10.6 Å². The van der Waals surface area contributed by atoms with Crippen LogP contribution in [0.4, 0.5) is 5.69 Å². The van der Waals surface area contributed by atoms with Gasteiger partial charge in [-0.25, -0.2) is 0 Å². The third-order valence-corrected chi connectivity index (χ3v) is 4.76. The zero-order chi connectivity index (χ0) is 16.1. The van der Waals surface area contributed by atoms with E-state index in [1.54, 1.807) is 0 Å². The first-order valence-corrected chi connectivity index (χ1v) is 8.72. The summed E-state index contributed by atoms with van der Waals surface area (Å²) in [6.07, 6.45) is 0.986. The number of rotatable bonds is 5. The van der Waals surface area contributed by atoms with Gasteiger partial charge in [0.05, 0.1) is 6.54 Å². The molecular weight excluding hydrogens is 381 g/mol. The molecule has 0 bridgehead atoms. The van der Waals surface area contributed by atoms with Gasteiger partial charge in [0, 0.05) is 31.9 Å². The summed E-state index contributed by atoms with van der Waals surface area (Å²) in [5, 5.41) is 15.7. The third-order valence-electron chi connectivity index (χ3n) is 3.85. The Bertz CT molecular complexity index is 659. The summed E-state index contributed by atoms with van der Waals surface area (Å²) in [6, 6.07) is 7.87. The van der Waals surface area contributed by atoms with Crippen molar-refractivity contribution in [3.8, 4) is 0 Å². The third kappa shape index (κ3) is 6.20. The summed E-state index contributed by atoms with van der Waals surface area (Å²) in [5.41, 5.74) is 2.03. The van der Waals surface area contributed by atoms with Crippen molar-refractivity contribution in [3.63, 3.8) is 0 Å². The molecule has 0 radical (unpaired) electrons. The largest absolute Gasteiger partial charge is 0.320 e. The Labute approximate surface area is 164 Å². The minimum atomic E-state index is -0.196. The first-order chi connectivity index (χ1) is 11.2. The Morgan fingerprint density at radius 1 is 1.20 bits per heavy atom. The highest BCUT2D eigenvalue weighted by Gasteiger charge is 2.16. The molecule has 138 valence electrons. The number of benzene rings is 1. The molecule has 0 spiro atoms. The maximum Gasteiger partial charge on any atom is 0.286 e. The summed E-state index contributed by atoms with van der Waals surface area (Å²) in [5.74, 6) is -0.196. The number of nitrogens with zero attached hydrogens (tertiary/aromatic N) is 3. The van der Waals surface area contributed by atoms with Gasteiger partial charge in [0.25, 0.3) is 5.91 Å². The highest BCUT2D eigenvalue weighted by molar-refractivity contribution is 7.13. The predicted molar refractivity (Wildman–Crippen MR) is 106 cm³/mol. The zero-order valence-corrected chi connectivity index (χ0v) is 16.5. The zero-order valence-electron chi connectivity index (χ0n) is 14.0. The first-order valence-electron chi connectivity index (χ1n) is 7.90. The Kier molecular flexibility index (Phi) is 9.31. The van der Waals surface area contributed by atoms with Crippen molar-refractivity contribution in [1.29, 1.82) is 0 Å².